The molecule has 1 aromatic rings. The predicted octanol–water partition coefficient (Wildman–Crippen LogP) is 2.87. The fourth-order valence-corrected chi connectivity index (χ4v) is 3.23. The normalized spacial score (nSPS) is 12.1. The first-order valence-electron chi connectivity index (χ1n) is 6.94. The molecule has 0 radical (unpaired) electrons. The summed E-state index contributed by atoms with van der Waals surface area (Å²) in [5.41, 5.74) is 2.07. The van der Waals surface area contributed by atoms with Gasteiger partial charge in [0.15, 0.2) is 16.1 Å². The molecule has 0 saturated heterocycles. The zero-order valence-electron chi connectivity index (χ0n) is 12.7. The van der Waals surface area contributed by atoms with Crippen LogP contribution in [-0.2, 0) is 19.3 Å². The summed E-state index contributed by atoms with van der Waals surface area (Å²) in [5.74, 6) is 0.0279. The van der Waals surface area contributed by atoms with E-state index in [1.165, 1.54) is 0 Å². The molecule has 0 saturated carbocycles. The Morgan fingerprint density at radius 2 is 1.65 bits per heavy atom. The van der Waals surface area contributed by atoms with Crippen LogP contribution in [0.2, 0.25) is 0 Å². The minimum absolute atomic E-state index is 0.0279. The zero-order valence-corrected chi connectivity index (χ0v) is 13.5. The van der Waals surface area contributed by atoms with Crippen LogP contribution in [0.25, 0.3) is 0 Å². The van der Waals surface area contributed by atoms with Gasteiger partial charge in [0.1, 0.15) is 0 Å². The lowest BCUT2D eigenvalue weighted by atomic mass is 10.1. The van der Waals surface area contributed by atoms with Crippen molar-refractivity contribution in [3.8, 4) is 0 Å². The summed E-state index contributed by atoms with van der Waals surface area (Å²) in [4.78, 5) is 0.368. The van der Waals surface area contributed by atoms with Crippen LogP contribution in [0.15, 0.2) is 23.1 Å². The van der Waals surface area contributed by atoms with Gasteiger partial charge >= 0.3 is 0 Å². The number of hydrogen-bond acceptors (Lipinski definition) is 4. The molecule has 0 fully saturated rings. The van der Waals surface area contributed by atoms with Crippen LogP contribution in [0.5, 0.6) is 0 Å². The Balaban J connectivity index is 2.75. The Morgan fingerprint density at radius 3 is 2.15 bits per heavy atom. The molecule has 0 heterocycles. The van der Waals surface area contributed by atoms with E-state index in [4.69, 9.17) is 9.47 Å². The van der Waals surface area contributed by atoms with Crippen LogP contribution in [0.3, 0.4) is 0 Å². The second kappa shape index (κ2) is 7.76. The van der Waals surface area contributed by atoms with Gasteiger partial charge in [-0.25, -0.2) is 8.42 Å². The molecule has 0 bridgehead atoms. The van der Waals surface area contributed by atoms with E-state index >= 15 is 0 Å². The van der Waals surface area contributed by atoms with Crippen molar-refractivity contribution in [2.45, 2.75) is 45.3 Å². The topological polar surface area (TPSA) is 52.6 Å². The molecular formula is C15H24O4S. The molecule has 0 aliphatic carbocycles. The first-order valence-corrected chi connectivity index (χ1v) is 8.59. The number of rotatable bonds is 8. The van der Waals surface area contributed by atoms with Gasteiger partial charge in [0.2, 0.25) is 0 Å². The Bertz CT molecular complexity index is 517. The summed E-state index contributed by atoms with van der Waals surface area (Å²) in [6.45, 7) is 8.62. The van der Waals surface area contributed by atoms with E-state index in [2.05, 4.69) is 0 Å². The van der Waals surface area contributed by atoms with Crippen molar-refractivity contribution < 1.29 is 17.9 Å². The quantitative estimate of drug-likeness (QED) is 0.693. The van der Waals surface area contributed by atoms with E-state index in [0.717, 1.165) is 11.1 Å². The highest BCUT2D eigenvalue weighted by Gasteiger charge is 2.18. The van der Waals surface area contributed by atoms with Crippen LogP contribution >= 0.6 is 0 Å². The predicted molar refractivity (Wildman–Crippen MR) is 79.6 cm³/mol. The molecule has 0 aliphatic heterocycles. The molecule has 0 aromatic heterocycles. The zero-order chi connectivity index (χ0) is 15.2. The minimum Gasteiger partial charge on any atom is -0.353 e. The van der Waals surface area contributed by atoms with E-state index in [1.54, 1.807) is 12.1 Å². The van der Waals surface area contributed by atoms with Gasteiger partial charge in [0.25, 0.3) is 0 Å². The van der Waals surface area contributed by atoms with Crippen molar-refractivity contribution >= 4 is 9.84 Å². The maximum Gasteiger partial charge on any atom is 0.178 e. The van der Waals surface area contributed by atoms with Crippen LogP contribution in [0, 0.1) is 13.8 Å². The Hall–Kier alpha value is -0.910. The Labute approximate surface area is 122 Å². The molecule has 0 N–H and O–H groups in total. The lowest BCUT2D eigenvalue weighted by Gasteiger charge is -2.16. The first kappa shape index (κ1) is 17.1. The van der Waals surface area contributed by atoms with Crippen molar-refractivity contribution in [1.82, 2.24) is 0 Å². The summed E-state index contributed by atoms with van der Waals surface area (Å²) in [6.07, 6.45) is -0.108. The summed E-state index contributed by atoms with van der Waals surface area (Å²) in [6, 6.07) is 5.22. The highest BCUT2D eigenvalue weighted by molar-refractivity contribution is 7.91. The average molecular weight is 300 g/mol. The monoisotopic (exact) mass is 300 g/mol. The summed E-state index contributed by atoms with van der Waals surface area (Å²) < 4.78 is 35.3. The van der Waals surface area contributed by atoms with Crippen molar-refractivity contribution in [1.29, 1.82) is 0 Å². The van der Waals surface area contributed by atoms with Gasteiger partial charge < -0.3 is 9.47 Å². The molecule has 0 unspecified atom stereocenters. The second-order valence-corrected chi connectivity index (χ2v) is 6.80. The van der Waals surface area contributed by atoms with Crippen molar-refractivity contribution in [2.75, 3.05) is 19.0 Å². The van der Waals surface area contributed by atoms with Gasteiger partial charge in [0.05, 0.1) is 10.6 Å². The SMILES string of the molecule is CCOC(CCS(=O)(=O)c1ccc(C)c(C)c1)OCC. The van der Waals surface area contributed by atoms with E-state index < -0.39 is 16.1 Å². The molecule has 1 aromatic carbocycles. The molecule has 4 nitrogen and oxygen atoms in total. The van der Waals surface area contributed by atoms with Crippen molar-refractivity contribution in [2.24, 2.45) is 0 Å². The number of hydrogen-bond donors (Lipinski definition) is 0. The van der Waals surface area contributed by atoms with Gasteiger partial charge in [-0.05, 0) is 51.0 Å². The number of ether oxygens (including phenoxy) is 2. The van der Waals surface area contributed by atoms with E-state index in [9.17, 15) is 8.42 Å². The van der Waals surface area contributed by atoms with Crippen LogP contribution in [0.4, 0.5) is 0 Å². The summed E-state index contributed by atoms with van der Waals surface area (Å²) in [5, 5.41) is 0. The van der Waals surface area contributed by atoms with Crippen LogP contribution in [0.1, 0.15) is 31.4 Å². The molecule has 114 valence electrons. The Morgan fingerprint density at radius 1 is 1.05 bits per heavy atom. The van der Waals surface area contributed by atoms with Crippen LogP contribution in [-0.4, -0.2) is 33.7 Å². The van der Waals surface area contributed by atoms with E-state index in [-0.39, 0.29) is 5.75 Å². The number of benzene rings is 1. The smallest absolute Gasteiger partial charge is 0.178 e. The molecule has 0 spiro atoms. The molecule has 0 aliphatic rings. The summed E-state index contributed by atoms with van der Waals surface area (Å²) >= 11 is 0. The van der Waals surface area contributed by atoms with Gasteiger partial charge in [-0.15, -0.1) is 0 Å². The fourth-order valence-electron chi connectivity index (χ4n) is 1.86. The highest BCUT2D eigenvalue weighted by Crippen LogP contribution is 2.17. The van der Waals surface area contributed by atoms with Gasteiger partial charge in [0, 0.05) is 19.6 Å². The van der Waals surface area contributed by atoms with Gasteiger partial charge in [-0.1, -0.05) is 6.07 Å². The average Bonchev–Trinajstić information content (AvgIpc) is 2.39. The molecule has 0 atom stereocenters. The third-order valence-corrected chi connectivity index (χ3v) is 4.91. The standard InChI is InChI=1S/C15H24O4S/c1-5-18-15(19-6-2)9-10-20(16,17)14-8-7-12(3)13(4)11-14/h7-8,11,15H,5-6,9-10H2,1-4H3. The molecule has 5 heteroatoms. The lowest BCUT2D eigenvalue weighted by Crippen LogP contribution is -2.21. The Kier molecular flexibility index (Phi) is 6.65. The molecule has 1 rings (SSSR count). The maximum atomic E-state index is 12.3. The maximum absolute atomic E-state index is 12.3. The highest BCUT2D eigenvalue weighted by atomic mass is 32.2. The largest absolute Gasteiger partial charge is 0.353 e. The van der Waals surface area contributed by atoms with Crippen molar-refractivity contribution in [3.05, 3.63) is 29.3 Å². The fraction of sp³-hybridized carbons (Fsp3) is 0.600. The minimum atomic E-state index is -3.29. The molecular weight excluding hydrogens is 276 g/mol. The van der Waals surface area contributed by atoms with Gasteiger partial charge in [-0.3, -0.25) is 0 Å². The number of sulfone groups is 1. The molecule has 20 heavy (non-hydrogen) atoms. The lowest BCUT2D eigenvalue weighted by molar-refractivity contribution is -0.136. The molecule has 0 amide bonds. The van der Waals surface area contributed by atoms with Crippen LogP contribution < -0.4 is 0 Å². The van der Waals surface area contributed by atoms with Crippen molar-refractivity contribution in [3.63, 3.8) is 0 Å². The summed E-state index contributed by atoms with van der Waals surface area (Å²) in [7, 11) is -3.29. The van der Waals surface area contributed by atoms with E-state index in [0.29, 0.717) is 24.5 Å². The number of aryl methyl sites for hydroxylation is 2. The third-order valence-electron chi connectivity index (χ3n) is 3.16. The first-order chi connectivity index (χ1) is 9.40. The second-order valence-electron chi connectivity index (χ2n) is 4.69. The van der Waals surface area contributed by atoms with Gasteiger partial charge in [-0.2, -0.15) is 0 Å². The van der Waals surface area contributed by atoms with E-state index in [1.807, 2.05) is 33.8 Å². The third kappa shape index (κ3) is 4.89.